The highest BCUT2D eigenvalue weighted by Gasteiger charge is 1.94. The normalized spacial score (nSPS) is 10.3. The first-order valence-electron chi connectivity index (χ1n) is 3.50. The summed E-state index contributed by atoms with van der Waals surface area (Å²) in [6.07, 6.45) is 2.42. The average Bonchev–Trinajstić information content (AvgIpc) is 2.08. The fourth-order valence-electron chi connectivity index (χ4n) is 0.682. The fraction of sp³-hybridized carbons (Fsp3) is 0. The van der Waals surface area contributed by atoms with E-state index < -0.39 is 11.2 Å². The number of aromatic nitrogens is 2. The third kappa shape index (κ3) is 2.83. The molecule has 1 aromatic heterocycles. The van der Waals surface area contributed by atoms with Crippen LogP contribution in [0, 0.1) is 0 Å². The highest BCUT2D eigenvalue weighted by Crippen LogP contribution is 1.76. The maximum Gasteiger partial charge on any atom is 0.325 e. The monoisotopic (exact) mass is 213 g/mol. The molecule has 5 N–H and O–H groups in total. The first-order valence-corrected chi connectivity index (χ1v) is 3.91. The quantitative estimate of drug-likeness (QED) is 0.263. The molecule has 0 saturated carbocycles. The van der Waals surface area contributed by atoms with Crippen molar-refractivity contribution in [2.75, 3.05) is 0 Å². The Morgan fingerprint density at radius 2 is 2.36 bits per heavy atom. The zero-order valence-electron chi connectivity index (χ0n) is 6.90. The van der Waals surface area contributed by atoms with E-state index in [0.29, 0.717) is 0 Å². The molecule has 0 radical (unpaired) electrons. The zero-order valence-corrected chi connectivity index (χ0v) is 7.72. The van der Waals surface area contributed by atoms with Gasteiger partial charge in [-0.15, -0.1) is 0 Å². The summed E-state index contributed by atoms with van der Waals surface area (Å²) < 4.78 is 0. The molecule has 0 bridgehead atoms. The molecular formula is C6H7N5O2S. The van der Waals surface area contributed by atoms with Crippen LogP contribution in [0.3, 0.4) is 0 Å². The smallest absolute Gasteiger partial charge is 0.325 e. The second-order valence-corrected chi connectivity index (χ2v) is 2.70. The number of hydrazone groups is 1. The Morgan fingerprint density at radius 1 is 1.64 bits per heavy atom. The molecule has 1 rings (SSSR count). The van der Waals surface area contributed by atoms with E-state index in [1.165, 1.54) is 12.4 Å². The molecule has 7 nitrogen and oxygen atoms in total. The second kappa shape index (κ2) is 4.33. The maximum absolute atomic E-state index is 11.1. The Morgan fingerprint density at radius 3 is 2.93 bits per heavy atom. The molecule has 0 spiro atoms. The van der Waals surface area contributed by atoms with Crippen molar-refractivity contribution in [3.05, 3.63) is 32.6 Å². The lowest BCUT2D eigenvalue weighted by atomic mass is 10.4. The molecule has 0 aliphatic rings. The van der Waals surface area contributed by atoms with Crippen LogP contribution in [0.4, 0.5) is 0 Å². The number of hydrogen-bond donors (Lipinski definition) is 4. The summed E-state index contributed by atoms with van der Waals surface area (Å²) in [5.74, 6) is 0. The van der Waals surface area contributed by atoms with Gasteiger partial charge < -0.3 is 10.7 Å². The number of aromatic amines is 2. The third-order valence-electron chi connectivity index (χ3n) is 1.23. The molecule has 0 aliphatic heterocycles. The van der Waals surface area contributed by atoms with Crippen LogP contribution in [0.25, 0.3) is 0 Å². The maximum atomic E-state index is 11.1. The van der Waals surface area contributed by atoms with E-state index in [1.54, 1.807) is 0 Å². The number of rotatable bonds is 2. The number of nitrogens with two attached hydrogens (primary N) is 1. The van der Waals surface area contributed by atoms with Crippen LogP contribution in [0.2, 0.25) is 0 Å². The van der Waals surface area contributed by atoms with Crippen molar-refractivity contribution < 1.29 is 0 Å². The van der Waals surface area contributed by atoms with Gasteiger partial charge in [-0.1, -0.05) is 0 Å². The molecule has 0 amide bonds. The van der Waals surface area contributed by atoms with E-state index >= 15 is 0 Å². The van der Waals surface area contributed by atoms with E-state index in [4.69, 9.17) is 5.73 Å². The van der Waals surface area contributed by atoms with Crippen LogP contribution >= 0.6 is 12.2 Å². The van der Waals surface area contributed by atoms with Crippen LogP contribution in [0.5, 0.6) is 0 Å². The van der Waals surface area contributed by atoms with E-state index in [-0.39, 0.29) is 10.7 Å². The standard InChI is InChI=1S/C6H7N5O2S/c7-5(14)11-9-2-3-1-8-6(13)10-4(3)12/h1-2H,(H3,7,11,14)(H2,8,10,12,13). The lowest BCUT2D eigenvalue weighted by Gasteiger charge is -1.93. The van der Waals surface area contributed by atoms with Gasteiger partial charge in [-0.25, -0.2) is 4.79 Å². The first kappa shape index (κ1) is 10.1. The summed E-state index contributed by atoms with van der Waals surface area (Å²) >= 11 is 4.47. The Balaban J connectivity index is 2.88. The van der Waals surface area contributed by atoms with Gasteiger partial charge in [0.1, 0.15) is 0 Å². The van der Waals surface area contributed by atoms with Crippen LogP contribution in [0.1, 0.15) is 5.56 Å². The largest absolute Gasteiger partial charge is 0.375 e. The fourth-order valence-corrected chi connectivity index (χ4v) is 0.734. The van der Waals surface area contributed by atoms with Crippen molar-refractivity contribution in [2.45, 2.75) is 0 Å². The molecule has 14 heavy (non-hydrogen) atoms. The van der Waals surface area contributed by atoms with Crippen molar-refractivity contribution in [3.63, 3.8) is 0 Å². The molecule has 0 unspecified atom stereocenters. The summed E-state index contributed by atoms with van der Waals surface area (Å²) in [5, 5.41) is 3.54. The van der Waals surface area contributed by atoms with E-state index in [1.807, 2.05) is 4.98 Å². The van der Waals surface area contributed by atoms with Gasteiger partial charge in [0.15, 0.2) is 5.11 Å². The lowest BCUT2D eigenvalue weighted by Crippen LogP contribution is -2.26. The molecule has 0 saturated heterocycles. The van der Waals surface area contributed by atoms with Crippen LogP contribution < -0.4 is 22.4 Å². The number of H-pyrrole nitrogens is 2. The molecule has 1 heterocycles. The molecule has 0 aliphatic carbocycles. The molecule has 74 valence electrons. The van der Waals surface area contributed by atoms with Crippen molar-refractivity contribution in [1.29, 1.82) is 0 Å². The van der Waals surface area contributed by atoms with Crippen LogP contribution in [-0.4, -0.2) is 21.3 Å². The Kier molecular flexibility index (Phi) is 3.13. The summed E-state index contributed by atoms with van der Waals surface area (Å²) in [6.45, 7) is 0. The molecule has 0 atom stereocenters. The second-order valence-electron chi connectivity index (χ2n) is 2.26. The summed E-state index contributed by atoms with van der Waals surface area (Å²) in [7, 11) is 0. The van der Waals surface area contributed by atoms with Crippen LogP contribution in [-0.2, 0) is 0 Å². The number of nitrogens with zero attached hydrogens (tertiary/aromatic N) is 1. The van der Waals surface area contributed by atoms with Crippen molar-refractivity contribution in [1.82, 2.24) is 15.4 Å². The Hall–Kier alpha value is -1.96. The molecule has 8 heteroatoms. The number of hydrogen-bond acceptors (Lipinski definition) is 4. The van der Waals surface area contributed by atoms with Gasteiger partial charge in [0.05, 0.1) is 11.8 Å². The Labute approximate surface area is 83.0 Å². The predicted octanol–water partition coefficient (Wildman–Crippen LogP) is -1.77. The lowest BCUT2D eigenvalue weighted by molar-refractivity contribution is 1.01. The molecule has 0 fully saturated rings. The third-order valence-corrected chi connectivity index (χ3v) is 1.32. The van der Waals surface area contributed by atoms with Gasteiger partial charge in [-0.3, -0.25) is 15.2 Å². The topological polar surface area (TPSA) is 116 Å². The van der Waals surface area contributed by atoms with Gasteiger partial charge in [0, 0.05) is 6.20 Å². The van der Waals surface area contributed by atoms with E-state index in [2.05, 4.69) is 27.7 Å². The molecule has 0 aromatic carbocycles. The highest BCUT2D eigenvalue weighted by atomic mass is 32.1. The average molecular weight is 213 g/mol. The van der Waals surface area contributed by atoms with Gasteiger partial charge in [-0.05, 0) is 12.2 Å². The van der Waals surface area contributed by atoms with Crippen molar-refractivity contribution in [3.8, 4) is 0 Å². The number of thiocarbonyl (C=S) groups is 1. The van der Waals surface area contributed by atoms with Gasteiger partial charge >= 0.3 is 5.69 Å². The van der Waals surface area contributed by atoms with Gasteiger partial charge in [0.2, 0.25) is 0 Å². The minimum atomic E-state index is -0.575. The van der Waals surface area contributed by atoms with Crippen molar-refractivity contribution in [2.24, 2.45) is 10.8 Å². The zero-order chi connectivity index (χ0) is 10.6. The SMILES string of the molecule is NC(=S)NN=Cc1c[nH]c(=O)[nH]c1=O. The number of nitrogens with one attached hydrogen (secondary N) is 3. The molecule has 1 aromatic rings. The van der Waals surface area contributed by atoms with E-state index in [0.717, 1.165) is 0 Å². The highest BCUT2D eigenvalue weighted by molar-refractivity contribution is 7.80. The minimum absolute atomic E-state index is 0.0119. The van der Waals surface area contributed by atoms with Gasteiger partial charge in [0.25, 0.3) is 5.56 Å². The Bertz CT molecular complexity index is 474. The van der Waals surface area contributed by atoms with E-state index in [9.17, 15) is 9.59 Å². The summed E-state index contributed by atoms with van der Waals surface area (Å²) in [4.78, 5) is 26.0. The van der Waals surface area contributed by atoms with Gasteiger partial charge in [-0.2, -0.15) is 5.10 Å². The van der Waals surface area contributed by atoms with Crippen molar-refractivity contribution >= 4 is 23.5 Å². The summed E-state index contributed by atoms with van der Waals surface area (Å²) in [6, 6.07) is 0. The molecular weight excluding hydrogens is 206 g/mol. The minimum Gasteiger partial charge on any atom is -0.375 e. The van der Waals surface area contributed by atoms with Crippen LogP contribution in [0.15, 0.2) is 20.9 Å². The summed E-state index contributed by atoms with van der Waals surface area (Å²) in [5.41, 5.74) is 6.43. The first-order chi connectivity index (χ1) is 6.59. The predicted molar refractivity (Wildman–Crippen MR) is 55.2 cm³/mol.